The van der Waals surface area contributed by atoms with Crippen LogP contribution < -0.4 is 0 Å². The van der Waals surface area contributed by atoms with E-state index in [4.69, 9.17) is 4.74 Å². The topological polar surface area (TPSA) is 32.8 Å². The molecule has 2 heteroatoms. The second-order valence-corrected chi connectivity index (χ2v) is 4.88. The van der Waals surface area contributed by atoms with Gasteiger partial charge in [0.2, 0.25) is 0 Å². The summed E-state index contributed by atoms with van der Waals surface area (Å²) in [7, 11) is 0. The van der Waals surface area contributed by atoms with E-state index in [2.05, 4.69) is 20.8 Å². The molecule has 2 nitrogen and oxygen atoms in total. The van der Waals surface area contributed by atoms with E-state index >= 15 is 0 Å². The molecular formula is C10H18O2. The number of hydrogen-bond donors (Lipinski definition) is 1. The summed E-state index contributed by atoms with van der Waals surface area (Å²) in [6.07, 6.45) is 3.09. The molecule has 1 unspecified atom stereocenters. The van der Waals surface area contributed by atoms with E-state index in [1.807, 2.05) is 0 Å². The van der Waals surface area contributed by atoms with Gasteiger partial charge in [-0.3, -0.25) is 0 Å². The highest BCUT2D eigenvalue weighted by molar-refractivity contribution is 5.08. The van der Waals surface area contributed by atoms with Gasteiger partial charge in [0, 0.05) is 6.42 Å². The van der Waals surface area contributed by atoms with Crippen molar-refractivity contribution in [2.75, 3.05) is 0 Å². The Labute approximate surface area is 73.9 Å². The quantitative estimate of drug-likeness (QED) is 0.608. The van der Waals surface area contributed by atoms with Crippen LogP contribution in [-0.2, 0) is 4.74 Å². The van der Waals surface area contributed by atoms with Gasteiger partial charge in [-0.15, -0.1) is 0 Å². The Hall–Kier alpha value is -0.0800. The third-order valence-corrected chi connectivity index (χ3v) is 3.70. The van der Waals surface area contributed by atoms with E-state index in [-0.39, 0.29) is 5.60 Å². The van der Waals surface area contributed by atoms with Crippen molar-refractivity contribution in [1.29, 1.82) is 0 Å². The van der Waals surface area contributed by atoms with Gasteiger partial charge in [-0.25, -0.2) is 0 Å². The van der Waals surface area contributed by atoms with Crippen LogP contribution in [0.5, 0.6) is 0 Å². The fraction of sp³-hybridized carbons (Fsp3) is 1.00. The fourth-order valence-corrected chi connectivity index (χ4v) is 2.18. The predicted octanol–water partition coefficient (Wildman–Crippen LogP) is 1.71. The number of fused-ring (bicyclic) bond motifs is 1. The first-order valence-electron chi connectivity index (χ1n) is 4.86. The van der Waals surface area contributed by atoms with Crippen LogP contribution in [0.1, 0.15) is 40.0 Å². The van der Waals surface area contributed by atoms with Crippen LogP contribution in [0.25, 0.3) is 0 Å². The van der Waals surface area contributed by atoms with E-state index in [0.717, 1.165) is 19.3 Å². The Morgan fingerprint density at radius 1 is 1.42 bits per heavy atom. The fourth-order valence-electron chi connectivity index (χ4n) is 2.18. The summed E-state index contributed by atoms with van der Waals surface area (Å²) in [6, 6.07) is 0. The lowest BCUT2D eigenvalue weighted by atomic mass is 9.74. The summed E-state index contributed by atoms with van der Waals surface area (Å²) in [5, 5.41) is 10.2. The highest BCUT2D eigenvalue weighted by Gasteiger charge is 2.59. The van der Waals surface area contributed by atoms with Gasteiger partial charge in [0.1, 0.15) is 0 Å². The molecule has 0 aromatic rings. The number of aliphatic hydroxyl groups is 1. The molecule has 0 spiro atoms. The summed E-state index contributed by atoms with van der Waals surface area (Å²) in [6.45, 7) is 6.33. The van der Waals surface area contributed by atoms with E-state index in [9.17, 15) is 5.11 Å². The van der Waals surface area contributed by atoms with Gasteiger partial charge in [-0.05, 0) is 25.7 Å². The van der Waals surface area contributed by atoms with Gasteiger partial charge in [-0.2, -0.15) is 0 Å². The molecule has 2 rings (SSSR count). The Morgan fingerprint density at radius 2 is 2.08 bits per heavy atom. The van der Waals surface area contributed by atoms with Gasteiger partial charge in [0.15, 0.2) is 0 Å². The lowest BCUT2D eigenvalue weighted by molar-refractivity contribution is -0.0349. The third-order valence-electron chi connectivity index (χ3n) is 3.70. The molecular weight excluding hydrogens is 152 g/mol. The molecule has 3 atom stereocenters. The molecule has 0 bridgehead atoms. The van der Waals surface area contributed by atoms with E-state index in [0.29, 0.717) is 12.0 Å². The lowest BCUT2D eigenvalue weighted by Gasteiger charge is -2.35. The van der Waals surface area contributed by atoms with Crippen LogP contribution in [0, 0.1) is 5.92 Å². The molecule has 1 aliphatic carbocycles. The Balaban J connectivity index is 2.05. The first-order chi connectivity index (χ1) is 5.46. The molecule has 0 aromatic carbocycles. The van der Waals surface area contributed by atoms with Crippen LogP contribution in [0.4, 0.5) is 0 Å². The Kier molecular flexibility index (Phi) is 1.59. The molecule has 2 aliphatic rings. The molecule has 12 heavy (non-hydrogen) atoms. The molecule has 1 saturated carbocycles. The standard InChI is InChI=1S/C10H18O2/c1-7(2)10(11)5-4-9(3)8(6-10)12-9/h7-8,11H,4-6H2,1-3H3/t8-,9?,10-/m0/s1. The SMILES string of the molecule is CC(C)[C@]1(O)CCC2(C)O[C@H]2C1. The van der Waals surface area contributed by atoms with Crippen LogP contribution in [0.15, 0.2) is 0 Å². The second kappa shape index (κ2) is 2.24. The zero-order chi connectivity index (χ0) is 8.98. The minimum Gasteiger partial charge on any atom is -0.390 e. The number of ether oxygens (including phenoxy) is 1. The van der Waals surface area contributed by atoms with E-state index in [1.165, 1.54) is 0 Å². The summed E-state index contributed by atoms with van der Waals surface area (Å²) in [5.41, 5.74) is -0.332. The smallest absolute Gasteiger partial charge is 0.0922 e. The monoisotopic (exact) mass is 170 g/mol. The van der Waals surface area contributed by atoms with Crippen molar-refractivity contribution in [3.05, 3.63) is 0 Å². The third kappa shape index (κ3) is 1.09. The van der Waals surface area contributed by atoms with Gasteiger partial charge in [-0.1, -0.05) is 13.8 Å². The van der Waals surface area contributed by atoms with Crippen molar-refractivity contribution in [3.8, 4) is 0 Å². The number of epoxide rings is 1. The zero-order valence-electron chi connectivity index (χ0n) is 8.13. The van der Waals surface area contributed by atoms with Gasteiger partial charge < -0.3 is 9.84 Å². The van der Waals surface area contributed by atoms with E-state index in [1.54, 1.807) is 0 Å². The van der Waals surface area contributed by atoms with E-state index < -0.39 is 5.60 Å². The molecule has 1 aliphatic heterocycles. The normalized spacial score (nSPS) is 52.2. The van der Waals surface area contributed by atoms with Crippen LogP contribution >= 0.6 is 0 Å². The zero-order valence-corrected chi connectivity index (χ0v) is 8.13. The second-order valence-electron chi connectivity index (χ2n) is 4.88. The van der Waals surface area contributed by atoms with Crippen molar-refractivity contribution < 1.29 is 9.84 Å². The molecule has 1 saturated heterocycles. The number of hydrogen-bond acceptors (Lipinski definition) is 2. The summed E-state index contributed by atoms with van der Waals surface area (Å²) in [5.74, 6) is 0.353. The molecule has 70 valence electrons. The van der Waals surface area contributed by atoms with Crippen LogP contribution in [-0.4, -0.2) is 22.4 Å². The minimum absolute atomic E-state index is 0.126. The van der Waals surface area contributed by atoms with Gasteiger partial charge in [0.25, 0.3) is 0 Å². The highest BCUT2D eigenvalue weighted by atomic mass is 16.6. The average Bonchev–Trinajstić information content (AvgIpc) is 2.60. The Morgan fingerprint density at radius 3 is 2.58 bits per heavy atom. The number of rotatable bonds is 1. The maximum absolute atomic E-state index is 10.2. The first kappa shape index (κ1) is 8.52. The maximum Gasteiger partial charge on any atom is 0.0922 e. The van der Waals surface area contributed by atoms with Crippen molar-refractivity contribution >= 4 is 0 Å². The van der Waals surface area contributed by atoms with Crippen molar-refractivity contribution in [2.24, 2.45) is 5.92 Å². The largest absolute Gasteiger partial charge is 0.390 e. The molecule has 0 aromatic heterocycles. The first-order valence-corrected chi connectivity index (χ1v) is 4.86. The van der Waals surface area contributed by atoms with Gasteiger partial charge in [0.05, 0.1) is 17.3 Å². The molecule has 0 radical (unpaired) electrons. The summed E-state index contributed by atoms with van der Waals surface area (Å²) < 4.78 is 5.55. The van der Waals surface area contributed by atoms with Crippen LogP contribution in [0.3, 0.4) is 0 Å². The van der Waals surface area contributed by atoms with Gasteiger partial charge >= 0.3 is 0 Å². The molecule has 2 fully saturated rings. The molecule has 1 heterocycles. The predicted molar refractivity (Wildman–Crippen MR) is 46.9 cm³/mol. The Bertz CT molecular complexity index is 202. The lowest BCUT2D eigenvalue weighted by Crippen LogP contribution is -2.41. The molecule has 1 N–H and O–H groups in total. The highest BCUT2D eigenvalue weighted by Crippen LogP contribution is 2.52. The minimum atomic E-state index is -0.458. The average molecular weight is 170 g/mol. The van der Waals surface area contributed by atoms with Crippen LogP contribution in [0.2, 0.25) is 0 Å². The summed E-state index contributed by atoms with van der Waals surface area (Å²) in [4.78, 5) is 0. The maximum atomic E-state index is 10.2. The van der Waals surface area contributed by atoms with Crippen molar-refractivity contribution in [1.82, 2.24) is 0 Å². The summed E-state index contributed by atoms with van der Waals surface area (Å²) >= 11 is 0. The van der Waals surface area contributed by atoms with Crippen molar-refractivity contribution in [3.63, 3.8) is 0 Å². The van der Waals surface area contributed by atoms with Crippen molar-refractivity contribution in [2.45, 2.75) is 57.3 Å². The molecule has 0 amide bonds.